The van der Waals surface area contributed by atoms with Crippen molar-refractivity contribution in [2.24, 2.45) is 0 Å². The lowest BCUT2D eigenvalue weighted by atomic mass is 10.0. The molecule has 2 atom stereocenters. The molecule has 0 saturated carbocycles. The molecule has 0 unspecified atom stereocenters. The first kappa shape index (κ1) is 30.8. The number of hydrogen-bond acceptors (Lipinski definition) is 6. The summed E-state index contributed by atoms with van der Waals surface area (Å²) in [7, 11) is 0. The molecule has 1 aliphatic heterocycles. The molecule has 8 nitrogen and oxygen atoms in total. The van der Waals surface area contributed by atoms with Crippen LogP contribution in [-0.4, -0.2) is 74.7 Å². The monoisotopic (exact) mass is 525 g/mol. The van der Waals surface area contributed by atoms with Crippen LogP contribution in [0.1, 0.15) is 24.6 Å². The van der Waals surface area contributed by atoms with Crippen LogP contribution >= 0.6 is 0 Å². The normalized spacial score (nSPS) is 17.9. The summed E-state index contributed by atoms with van der Waals surface area (Å²) >= 11 is 0. The third-order valence-corrected chi connectivity index (χ3v) is 4.75. The van der Waals surface area contributed by atoms with Crippen molar-refractivity contribution in [3.05, 3.63) is 60.2 Å². The summed E-state index contributed by atoms with van der Waals surface area (Å²) in [5.74, 6) is -5.51. The van der Waals surface area contributed by atoms with Crippen molar-refractivity contribution in [1.82, 2.24) is 14.9 Å². The molecular weight excluding hydrogens is 500 g/mol. The van der Waals surface area contributed by atoms with Crippen LogP contribution in [0.25, 0.3) is 0 Å². The van der Waals surface area contributed by atoms with Gasteiger partial charge in [0.25, 0.3) is 0 Å². The van der Waals surface area contributed by atoms with Crippen molar-refractivity contribution in [3.63, 3.8) is 0 Å². The second-order valence-electron chi connectivity index (χ2n) is 7.31. The number of carboxylic acid groups (broad SMARTS) is 2. The second-order valence-corrected chi connectivity index (χ2v) is 7.31. The first-order valence-corrected chi connectivity index (χ1v) is 10.5. The molecule has 3 rings (SSSR count). The van der Waals surface area contributed by atoms with Crippen molar-refractivity contribution in [2.45, 2.75) is 50.8 Å². The molecule has 36 heavy (non-hydrogen) atoms. The number of likely N-dealkylation sites (tertiary alicyclic amines) is 1. The van der Waals surface area contributed by atoms with Gasteiger partial charge in [0.1, 0.15) is 0 Å². The number of alkyl halides is 6. The summed E-state index contributed by atoms with van der Waals surface area (Å²) < 4.78 is 69.5. The van der Waals surface area contributed by atoms with Gasteiger partial charge in [-0.1, -0.05) is 6.07 Å². The molecule has 0 spiro atoms. The van der Waals surface area contributed by atoms with Gasteiger partial charge in [-0.25, -0.2) is 9.59 Å². The highest BCUT2D eigenvalue weighted by Gasteiger charge is 2.39. The Labute approximate surface area is 202 Å². The van der Waals surface area contributed by atoms with E-state index in [2.05, 4.69) is 46.1 Å². The quantitative estimate of drug-likeness (QED) is 0.545. The third-order valence-electron chi connectivity index (χ3n) is 4.75. The molecule has 2 aromatic heterocycles. The van der Waals surface area contributed by atoms with Crippen molar-refractivity contribution < 1.29 is 50.9 Å². The summed E-state index contributed by atoms with van der Waals surface area (Å²) in [6.07, 6.45) is -2.17. The molecule has 1 aliphatic rings. The molecule has 2 aromatic rings. The number of nitrogens with zero attached hydrogens (tertiary/aromatic N) is 3. The molecule has 0 aliphatic carbocycles. The molecule has 0 amide bonds. The van der Waals surface area contributed by atoms with Gasteiger partial charge in [0.05, 0.1) is 11.8 Å². The number of ether oxygens (including phenoxy) is 1. The molecule has 200 valence electrons. The summed E-state index contributed by atoms with van der Waals surface area (Å²) in [5.41, 5.74) is 2.44. The van der Waals surface area contributed by atoms with Gasteiger partial charge < -0.3 is 14.9 Å². The fourth-order valence-electron chi connectivity index (χ4n) is 3.21. The van der Waals surface area contributed by atoms with Crippen LogP contribution in [0.5, 0.6) is 0 Å². The van der Waals surface area contributed by atoms with Gasteiger partial charge in [-0.15, -0.1) is 0 Å². The van der Waals surface area contributed by atoms with E-state index < -0.39 is 24.3 Å². The van der Waals surface area contributed by atoms with Crippen LogP contribution in [0, 0.1) is 0 Å². The van der Waals surface area contributed by atoms with Crippen LogP contribution in [-0.2, 0) is 27.3 Å². The number of carbonyl (C=O) groups is 2. The van der Waals surface area contributed by atoms with E-state index in [-0.39, 0.29) is 0 Å². The van der Waals surface area contributed by atoms with Gasteiger partial charge in [-0.05, 0) is 49.6 Å². The van der Waals surface area contributed by atoms with Gasteiger partial charge in [-0.3, -0.25) is 14.9 Å². The van der Waals surface area contributed by atoms with Crippen molar-refractivity contribution >= 4 is 11.9 Å². The highest BCUT2D eigenvalue weighted by atomic mass is 19.4. The zero-order valence-electron chi connectivity index (χ0n) is 19.0. The van der Waals surface area contributed by atoms with Gasteiger partial charge >= 0.3 is 24.3 Å². The zero-order valence-corrected chi connectivity index (χ0v) is 19.0. The van der Waals surface area contributed by atoms with E-state index in [9.17, 15) is 26.3 Å². The third kappa shape index (κ3) is 11.4. The number of hydrogen-bond donors (Lipinski definition) is 2. The Balaban J connectivity index is 0.000000383. The molecule has 0 radical (unpaired) electrons. The lowest BCUT2D eigenvalue weighted by Crippen LogP contribution is -2.38. The molecule has 2 N–H and O–H groups in total. The molecule has 14 heteroatoms. The van der Waals surface area contributed by atoms with Crippen LogP contribution in [0.3, 0.4) is 0 Å². The van der Waals surface area contributed by atoms with Crippen molar-refractivity contribution in [3.8, 4) is 0 Å². The van der Waals surface area contributed by atoms with E-state index >= 15 is 0 Å². The molecular formula is C22H25F6N3O5. The lowest BCUT2D eigenvalue weighted by molar-refractivity contribution is -0.193. The Morgan fingerprint density at radius 3 is 2.00 bits per heavy atom. The number of carboxylic acids is 2. The Kier molecular flexibility index (Phi) is 12.3. The fraction of sp³-hybridized carbons (Fsp3) is 0.455. The van der Waals surface area contributed by atoms with E-state index in [1.54, 1.807) is 0 Å². The fourth-order valence-corrected chi connectivity index (χ4v) is 3.21. The van der Waals surface area contributed by atoms with Crippen molar-refractivity contribution in [1.29, 1.82) is 0 Å². The molecule has 0 bridgehead atoms. The summed E-state index contributed by atoms with van der Waals surface area (Å²) in [6.45, 7) is 4.80. The maximum atomic E-state index is 10.6. The predicted octanol–water partition coefficient (Wildman–Crippen LogP) is 3.97. The number of halogens is 6. The second kappa shape index (κ2) is 14.3. The van der Waals surface area contributed by atoms with E-state index in [0.717, 1.165) is 38.2 Å². The van der Waals surface area contributed by atoms with Crippen LogP contribution in [0.4, 0.5) is 26.3 Å². The number of aliphatic carboxylic acids is 2. The summed E-state index contributed by atoms with van der Waals surface area (Å²) in [6, 6.07) is 10.7. The average Bonchev–Trinajstić information content (AvgIpc) is 3.16. The van der Waals surface area contributed by atoms with E-state index in [1.165, 1.54) is 5.56 Å². The Hall–Kier alpha value is -3.26. The standard InChI is InChI=1S/C18H23N3O.2C2HF3O2/c1-2-22-18-8-12-21(14-16-5-3-4-9-20-16)17(18)13-15-6-10-19-11-7-15;2*3-2(4,5)1(6)7/h3-7,9-11,17-18H,2,8,12-14H2,1H3;2*(H,6,7)/t17-,18-;;/m0../s1. The van der Waals surface area contributed by atoms with Crippen LogP contribution in [0.15, 0.2) is 48.9 Å². The summed E-state index contributed by atoms with van der Waals surface area (Å²) in [4.78, 5) is 28.9. The van der Waals surface area contributed by atoms with Crippen LogP contribution in [0.2, 0.25) is 0 Å². The largest absolute Gasteiger partial charge is 0.490 e. The molecule has 3 heterocycles. The SMILES string of the molecule is CCO[C@H]1CCN(Cc2ccccn2)[C@H]1Cc1ccncc1.O=C(O)C(F)(F)F.O=C(O)C(F)(F)F. The minimum absolute atomic E-state index is 0.307. The van der Waals surface area contributed by atoms with Crippen LogP contribution < -0.4 is 0 Å². The minimum atomic E-state index is -5.08. The lowest BCUT2D eigenvalue weighted by Gasteiger charge is -2.28. The predicted molar refractivity (Wildman–Crippen MR) is 114 cm³/mol. The minimum Gasteiger partial charge on any atom is -0.475 e. The van der Waals surface area contributed by atoms with Gasteiger partial charge in [0.15, 0.2) is 0 Å². The topological polar surface area (TPSA) is 113 Å². The first-order chi connectivity index (χ1) is 16.8. The number of aromatic nitrogens is 2. The number of rotatable bonds is 6. The molecule has 1 fully saturated rings. The Morgan fingerprint density at radius 2 is 1.56 bits per heavy atom. The Morgan fingerprint density at radius 1 is 1.00 bits per heavy atom. The average molecular weight is 525 g/mol. The number of pyridine rings is 2. The molecule has 0 aromatic carbocycles. The Bertz CT molecular complexity index is 905. The zero-order chi connectivity index (χ0) is 27.4. The summed E-state index contributed by atoms with van der Waals surface area (Å²) in [5, 5.41) is 14.2. The van der Waals surface area contributed by atoms with Gasteiger partial charge in [0, 0.05) is 44.3 Å². The van der Waals surface area contributed by atoms with E-state index in [0.29, 0.717) is 12.1 Å². The highest BCUT2D eigenvalue weighted by Crippen LogP contribution is 2.26. The first-order valence-electron chi connectivity index (χ1n) is 10.5. The van der Waals surface area contributed by atoms with E-state index in [4.69, 9.17) is 24.5 Å². The van der Waals surface area contributed by atoms with Gasteiger partial charge in [-0.2, -0.15) is 26.3 Å². The van der Waals surface area contributed by atoms with Crippen molar-refractivity contribution in [2.75, 3.05) is 13.2 Å². The maximum absolute atomic E-state index is 10.6. The smallest absolute Gasteiger partial charge is 0.475 e. The van der Waals surface area contributed by atoms with Gasteiger partial charge in [0.2, 0.25) is 0 Å². The highest BCUT2D eigenvalue weighted by molar-refractivity contribution is 5.73. The van der Waals surface area contributed by atoms with E-state index in [1.807, 2.05) is 24.7 Å². The maximum Gasteiger partial charge on any atom is 0.490 e. The molecule has 1 saturated heterocycles.